The van der Waals surface area contributed by atoms with Crippen LogP contribution in [0.2, 0.25) is 0 Å². The number of rotatable bonds is 8. The number of nitrogens with zero attached hydrogens (tertiary/aromatic N) is 2. The Morgan fingerprint density at radius 1 is 0.897 bits per heavy atom. The average molecular weight is 543 g/mol. The fourth-order valence-electron chi connectivity index (χ4n) is 3.91. The maximum atomic E-state index is 13.4. The van der Waals surface area contributed by atoms with Crippen LogP contribution in [0, 0.1) is 5.82 Å². The Labute approximate surface area is 226 Å². The molecule has 2 N–H and O–H groups in total. The second-order valence-electron chi connectivity index (χ2n) is 8.59. The van der Waals surface area contributed by atoms with Gasteiger partial charge in [-0.1, -0.05) is 42.9 Å². The van der Waals surface area contributed by atoms with E-state index in [4.69, 9.17) is 4.74 Å². The van der Waals surface area contributed by atoms with Gasteiger partial charge in [0.1, 0.15) is 27.9 Å². The van der Waals surface area contributed by atoms with Crippen LogP contribution in [0.4, 0.5) is 15.8 Å². The van der Waals surface area contributed by atoms with Crippen molar-refractivity contribution in [1.29, 1.82) is 0 Å². The summed E-state index contributed by atoms with van der Waals surface area (Å²) < 4.78 is 20.3. The van der Waals surface area contributed by atoms with Gasteiger partial charge in [-0.05, 0) is 67.1 Å². The Morgan fingerprint density at radius 3 is 2.18 bits per heavy atom. The van der Waals surface area contributed by atoms with Gasteiger partial charge in [-0.3, -0.25) is 14.4 Å². The van der Waals surface area contributed by atoms with Crippen LogP contribution in [-0.4, -0.2) is 21.2 Å². The van der Waals surface area contributed by atoms with E-state index >= 15 is 0 Å². The number of hydrogen-bond donors (Lipinski definition) is 2. The van der Waals surface area contributed by atoms with E-state index in [9.17, 15) is 18.8 Å². The summed E-state index contributed by atoms with van der Waals surface area (Å²) in [4.78, 5) is 44.5. The van der Waals surface area contributed by atoms with E-state index in [1.165, 1.54) is 30.3 Å². The third-order valence-electron chi connectivity index (χ3n) is 5.69. The fourth-order valence-corrected chi connectivity index (χ4v) is 4.95. The van der Waals surface area contributed by atoms with Crippen LogP contribution in [0.15, 0.2) is 89.7 Å². The monoisotopic (exact) mass is 542 g/mol. The van der Waals surface area contributed by atoms with Gasteiger partial charge in [0.15, 0.2) is 4.96 Å². The zero-order valence-corrected chi connectivity index (χ0v) is 21.6. The van der Waals surface area contributed by atoms with Crippen molar-refractivity contribution in [3.05, 3.63) is 117 Å². The summed E-state index contributed by atoms with van der Waals surface area (Å²) >= 11 is 0.946. The van der Waals surface area contributed by atoms with Crippen LogP contribution < -0.4 is 20.9 Å². The van der Waals surface area contributed by atoms with Crippen molar-refractivity contribution >= 4 is 39.5 Å². The van der Waals surface area contributed by atoms with Crippen molar-refractivity contribution < 1.29 is 18.7 Å². The summed E-state index contributed by atoms with van der Waals surface area (Å²) in [5.41, 5.74) is 0.737. The third kappa shape index (κ3) is 5.86. The molecule has 0 unspecified atom stereocenters. The molecular weight excluding hydrogens is 519 g/mol. The van der Waals surface area contributed by atoms with E-state index in [1.807, 2.05) is 37.3 Å². The zero-order chi connectivity index (χ0) is 27.4. The molecule has 0 atom stereocenters. The number of halogens is 1. The van der Waals surface area contributed by atoms with Crippen molar-refractivity contribution in [3.8, 4) is 11.5 Å². The lowest BCUT2D eigenvalue weighted by molar-refractivity contribution is 0.0989. The van der Waals surface area contributed by atoms with E-state index in [2.05, 4.69) is 15.6 Å². The first kappa shape index (κ1) is 25.8. The smallest absolute Gasteiger partial charge is 0.274 e. The third-order valence-corrected chi connectivity index (χ3v) is 6.73. The number of aromatic nitrogens is 2. The minimum atomic E-state index is -0.697. The summed E-state index contributed by atoms with van der Waals surface area (Å²) in [6.45, 7) is 1.97. The van der Waals surface area contributed by atoms with Crippen molar-refractivity contribution in [2.24, 2.45) is 0 Å². The number of amides is 2. The van der Waals surface area contributed by atoms with Crippen LogP contribution in [-0.2, 0) is 6.42 Å². The number of thiazole rings is 1. The quantitative estimate of drug-likeness (QED) is 0.245. The lowest BCUT2D eigenvalue weighted by atomic mass is 10.2. The number of ether oxygens (including phenoxy) is 1. The van der Waals surface area contributed by atoms with Gasteiger partial charge in [0, 0.05) is 23.1 Å². The predicted octanol–water partition coefficient (Wildman–Crippen LogP) is 6.14. The highest BCUT2D eigenvalue weighted by Crippen LogP contribution is 2.26. The van der Waals surface area contributed by atoms with Crippen molar-refractivity contribution in [3.63, 3.8) is 0 Å². The molecule has 0 saturated carbocycles. The molecule has 0 saturated heterocycles. The lowest BCUT2D eigenvalue weighted by Gasteiger charge is -2.09. The number of nitrogens with one attached hydrogen (secondary N) is 2. The normalized spacial score (nSPS) is 10.8. The van der Waals surface area contributed by atoms with Crippen molar-refractivity contribution in [2.45, 2.75) is 19.8 Å². The summed E-state index contributed by atoms with van der Waals surface area (Å²) in [6, 6.07) is 22.6. The maximum absolute atomic E-state index is 13.4. The second-order valence-corrected chi connectivity index (χ2v) is 9.57. The molecule has 196 valence electrons. The molecule has 2 heterocycles. The van der Waals surface area contributed by atoms with E-state index < -0.39 is 23.2 Å². The number of benzene rings is 3. The van der Waals surface area contributed by atoms with Gasteiger partial charge in [0.05, 0.1) is 0 Å². The molecule has 39 heavy (non-hydrogen) atoms. The summed E-state index contributed by atoms with van der Waals surface area (Å²) in [7, 11) is 0. The highest BCUT2D eigenvalue weighted by atomic mass is 32.1. The molecule has 10 heteroatoms. The minimum Gasteiger partial charge on any atom is -0.457 e. The number of aryl methyl sites for hydroxylation is 1. The SMILES string of the molecule is CCCc1cc(=O)n2c(C(=O)Nc3ccc(F)cc3)c(C(=O)Nc3ccc(Oc4ccccc4)cc3)sc2n1. The highest BCUT2D eigenvalue weighted by molar-refractivity contribution is 7.19. The van der Waals surface area contributed by atoms with Crippen molar-refractivity contribution in [2.75, 3.05) is 10.6 Å². The molecule has 8 nitrogen and oxygen atoms in total. The first-order chi connectivity index (χ1) is 18.9. The van der Waals surface area contributed by atoms with Gasteiger partial charge >= 0.3 is 0 Å². The Hall–Kier alpha value is -4.83. The number of para-hydroxylation sites is 1. The standard InChI is InChI=1S/C29H23FN4O4S/c1-2-6-21-17-24(35)34-25(27(36)31-19-11-9-18(30)10-12-19)26(39-29(34)33-21)28(37)32-20-13-15-23(16-14-20)38-22-7-4-3-5-8-22/h3-5,7-17H,2,6H2,1H3,(H,31,36)(H,32,37). The number of carbonyl (C=O) groups excluding carboxylic acids is 2. The van der Waals surface area contributed by atoms with Crippen molar-refractivity contribution in [1.82, 2.24) is 9.38 Å². The number of hydrogen-bond acceptors (Lipinski definition) is 6. The predicted molar refractivity (Wildman–Crippen MR) is 149 cm³/mol. The largest absolute Gasteiger partial charge is 0.457 e. The molecule has 2 aromatic heterocycles. The molecule has 5 aromatic rings. The van der Waals surface area contributed by atoms with Gasteiger partial charge in [-0.2, -0.15) is 0 Å². The van der Waals surface area contributed by atoms with Crippen LogP contribution >= 0.6 is 11.3 Å². The lowest BCUT2D eigenvalue weighted by Crippen LogP contribution is -2.25. The molecule has 5 rings (SSSR count). The van der Waals surface area contributed by atoms with Crippen LogP contribution in [0.25, 0.3) is 4.96 Å². The van der Waals surface area contributed by atoms with Gasteiger partial charge in [0.2, 0.25) is 0 Å². The molecule has 0 fully saturated rings. The number of carbonyl (C=O) groups is 2. The topological polar surface area (TPSA) is 102 Å². The molecule has 0 bridgehead atoms. The number of fused-ring (bicyclic) bond motifs is 1. The van der Waals surface area contributed by atoms with Crippen LogP contribution in [0.1, 0.15) is 39.2 Å². The van der Waals surface area contributed by atoms with Gasteiger partial charge in [-0.25, -0.2) is 13.8 Å². The Bertz CT molecular complexity index is 1700. The fraction of sp³-hybridized carbons (Fsp3) is 0.103. The van der Waals surface area contributed by atoms with Gasteiger partial charge in [-0.15, -0.1) is 0 Å². The molecule has 0 aliphatic heterocycles. The minimum absolute atomic E-state index is 0.0115. The average Bonchev–Trinajstić information content (AvgIpc) is 3.32. The molecule has 2 amide bonds. The van der Waals surface area contributed by atoms with Crippen LogP contribution in [0.3, 0.4) is 0 Å². The molecule has 0 aliphatic carbocycles. The zero-order valence-electron chi connectivity index (χ0n) is 20.8. The molecule has 0 spiro atoms. The summed E-state index contributed by atoms with van der Waals surface area (Å²) in [6.07, 6.45) is 1.36. The molecule has 0 aliphatic rings. The summed E-state index contributed by atoms with van der Waals surface area (Å²) in [5, 5.41) is 5.42. The maximum Gasteiger partial charge on any atom is 0.274 e. The van der Waals surface area contributed by atoms with E-state index in [0.717, 1.165) is 22.2 Å². The number of anilines is 2. The van der Waals surface area contributed by atoms with E-state index in [1.54, 1.807) is 24.3 Å². The summed E-state index contributed by atoms with van der Waals surface area (Å²) in [5.74, 6) is -0.478. The molecule has 0 radical (unpaired) electrons. The van der Waals surface area contributed by atoms with E-state index in [-0.39, 0.29) is 15.5 Å². The van der Waals surface area contributed by atoms with Gasteiger partial charge < -0.3 is 15.4 Å². The Kier molecular flexibility index (Phi) is 7.46. The first-order valence-corrected chi connectivity index (χ1v) is 13.0. The van der Waals surface area contributed by atoms with Crippen LogP contribution in [0.5, 0.6) is 11.5 Å². The highest BCUT2D eigenvalue weighted by Gasteiger charge is 2.26. The van der Waals surface area contributed by atoms with Gasteiger partial charge in [0.25, 0.3) is 17.4 Å². The molecule has 3 aromatic carbocycles. The Morgan fingerprint density at radius 2 is 1.51 bits per heavy atom. The Balaban J connectivity index is 1.46. The second kappa shape index (κ2) is 11.3. The first-order valence-electron chi connectivity index (χ1n) is 12.2. The van der Waals surface area contributed by atoms with E-state index in [0.29, 0.717) is 35.0 Å². The molecular formula is C29H23FN4O4S.